The number of amides is 3. The van der Waals surface area contributed by atoms with Gasteiger partial charge in [-0.25, -0.2) is 9.69 Å². The average Bonchev–Trinajstić information content (AvgIpc) is 3.08. The number of aliphatic carboxylic acids is 1. The van der Waals surface area contributed by atoms with Crippen LogP contribution < -0.4 is 4.90 Å². The number of carboxylic acids is 1. The maximum atomic E-state index is 13.1. The molecule has 2 aliphatic heterocycles. The number of para-hydroxylation sites is 1. The van der Waals surface area contributed by atoms with Crippen LogP contribution in [0, 0.1) is 0 Å². The van der Waals surface area contributed by atoms with Crippen molar-refractivity contribution in [3.63, 3.8) is 0 Å². The Morgan fingerprint density at radius 2 is 1.93 bits per heavy atom. The normalized spacial score (nSPS) is 20.0. The average molecular weight is 437 g/mol. The molecule has 0 aliphatic carbocycles. The van der Waals surface area contributed by atoms with E-state index in [1.54, 1.807) is 24.3 Å². The van der Waals surface area contributed by atoms with E-state index in [0.29, 0.717) is 17.0 Å². The Morgan fingerprint density at radius 1 is 1.25 bits per heavy atom. The Bertz CT molecular complexity index is 943. The molecule has 0 radical (unpaired) electrons. The van der Waals surface area contributed by atoms with Crippen LogP contribution in [0.5, 0.6) is 0 Å². The van der Waals surface area contributed by atoms with Crippen molar-refractivity contribution >= 4 is 75.0 Å². The summed E-state index contributed by atoms with van der Waals surface area (Å²) in [5, 5.41) is 9.56. The van der Waals surface area contributed by atoms with Crippen molar-refractivity contribution in [1.29, 1.82) is 0 Å². The summed E-state index contributed by atoms with van der Waals surface area (Å²) in [6.45, 7) is 1.27. The Labute approximate surface area is 175 Å². The minimum Gasteiger partial charge on any atom is -0.480 e. The summed E-state index contributed by atoms with van der Waals surface area (Å²) >= 11 is 7.63. The minimum absolute atomic E-state index is 0.0570. The summed E-state index contributed by atoms with van der Waals surface area (Å²) in [4.78, 5) is 51.8. The third-order valence-corrected chi connectivity index (χ3v) is 6.41. The van der Waals surface area contributed by atoms with Crippen LogP contribution in [0.2, 0.25) is 0 Å². The minimum atomic E-state index is -1.15. The molecule has 2 heterocycles. The van der Waals surface area contributed by atoms with Crippen molar-refractivity contribution in [3.8, 4) is 0 Å². The summed E-state index contributed by atoms with van der Waals surface area (Å²) in [5.74, 6) is -2.30. The van der Waals surface area contributed by atoms with E-state index in [9.17, 15) is 24.3 Å². The Hall–Kier alpha value is -2.17. The van der Waals surface area contributed by atoms with Gasteiger partial charge >= 0.3 is 5.97 Å². The van der Waals surface area contributed by atoms with Gasteiger partial charge in [0.05, 0.1) is 16.2 Å². The van der Waals surface area contributed by atoms with E-state index in [0.717, 1.165) is 21.6 Å². The van der Waals surface area contributed by atoms with Crippen LogP contribution in [0.4, 0.5) is 5.69 Å². The van der Waals surface area contributed by atoms with Crippen molar-refractivity contribution in [3.05, 3.63) is 34.7 Å². The number of thiocarbonyl (C=S) groups is 1. The zero-order valence-corrected chi connectivity index (χ0v) is 17.4. The number of thioether (sulfide) groups is 2. The lowest BCUT2D eigenvalue weighted by atomic mass is 10.1. The quantitative estimate of drug-likeness (QED) is 0.555. The van der Waals surface area contributed by atoms with Crippen molar-refractivity contribution < 1.29 is 24.3 Å². The second kappa shape index (κ2) is 8.06. The van der Waals surface area contributed by atoms with Crippen LogP contribution in [0.15, 0.2) is 29.2 Å². The molecule has 28 heavy (non-hydrogen) atoms. The highest BCUT2D eigenvalue weighted by atomic mass is 32.2. The lowest BCUT2D eigenvalue weighted by Gasteiger charge is -2.22. The zero-order valence-electron chi connectivity index (χ0n) is 15.0. The van der Waals surface area contributed by atoms with E-state index in [-0.39, 0.29) is 21.2 Å². The van der Waals surface area contributed by atoms with E-state index < -0.39 is 29.7 Å². The third-order valence-electron chi connectivity index (χ3n) is 4.36. The summed E-state index contributed by atoms with van der Waals surface area (Å²) in [7, 11) is 0. The first-order chi connectivity index (χ1) is 13.3. The maximum absolute atomic E-state index is 13.1. The molecule has 3 rings (SSSR count). The standard InChI is InChI=1S/C18H16N2O5S3/c1-9(21)19-11-6-4-3-5-10(11)13(15(19)22)14-16(23)20(18(26)28-14)12(17(24)25)7-8-27-2/h3-6,12H,7-8H2,1-2H3,(H,24,25). The van der Waals surface area contributed by atoms with Crippen LogP contribution in [0.1, 0.15) is 18.9 Å². The van der Waals surface area contributed by atoms with Gasteiger partial charge < -0.3 is 5.11 Å². The number of imide groups is 1. The van der Waals surface area contributed by atoms with Crippen LogP contribution in [-0.2, 0) is 19.2 Å². The molecule has 3 amide bonds. The number of carbonyl (C=O) groups excluding carboxylic acids is 3. The largest absolute Gasteiger partial charge is 0.480 e. The zero-order chi connectivity index (χ0) is 20.6. The van der Waals surface area contributed by atoms with Crippen molar-refractivity contribution in [1.82, 2.24) is 4.90 Å². The molecule has 0 spiro atoms. The van der Waals surface area contributed by atoms with Crippen LogP contribution in [-0.4, -0.2) is 56.1 Å². The predicted octanol–water partition coefficient (Wildman–Crippen LogP) is 2.36. The molecule has 7 nitrogen and oxygen atoms in total. The van der Waals surface area contributed by atoms with Gasteiger partial charge in [0.15, 0.2) is 0 Å². The highest BCUT2D eigenvalue weighted by Gasteiger charge is 2.46. The number of hydrogen-bond acceptors (Lipinski definition) is 7. The number of fused-ring (bicyclic) bond motifs is 1. The first-order valence-electron chi connectivity index (χ1n) is 8.25. The van der Waals surface area contributed by atoms with Crippen LogP contribution in [0.25, 0.3) is 5.57 Å². The molecule has 10 heteroatoms. The number of carboxylic acid groups (broad SMARTS) is 1. The highest BCUT2D eigenvalue weighted by Crippen LogP contribution is 2.45. The van der Waals surface area contributed by atoms with Crippen molar-refractivity contribution in [2.75, 3.05) is 16.9 Å². The topological polar surface area (TPSA) is 95.0 Å². The van der Waals surface area contributed by atoms with Gasteiger partial charge in [-0.1, -0.05) is 42.2 Å². The molecular weight excluding hydrogens is 420 g/mol. The predicted molar refractivity (Wildman–Crippen MR) is 113 cm³/mol. The van der Waals surface area contributed by atoms with Gasteiger partial charge in [-0.15, -0.1) is 0 Å². The number of anilines is 1. The van der Waals surface area contributed by atoms with Gasteiger partial charge in [-0.2, -0.15) is 11.8 Å². The fourth-order valence-corrected chi connectivity index (χ4v) is 5.03. The lowest BCUT2D eigenvalue weighted by Crippen LogP contribution is -2.44. The summed E-state index contributed by atoms with van der Waals surface area (Å²) in [6.07, 6.45) is 2.07. The molecule has 146 valence electrons. The summed E-state index contributed by atoms with van der Waals surface area (Å²) in [5.41, 5.74) is 0.941. The van der Waals surface area contributed by atoms with Gasteiger partial charge in [-0.3, -0.25) is 19.3 Å². The monoisotopic (exact) mass is 436 g/mol. The fraction of sp³-hybridized carbons (Fsp3) is 0.278. The second-order valence-corrected chi connectivity index (χ2v) is 8.69. The van der Waals surface area contributed by atoms with Crippen molar-refractivity contribution in [2.24, 2.45) is 0 Å². The van der Waals surface area contributed by atoms with Crippen molar-refractivity contribution in [2.45, 2.75) is 19.4 Å². The molecule has 2 aliphatic rings. The number of benzene rings is 1. The Morgan fingerprint density at radius 3 is 2.54 bits per heavy atom. The first-order valence-corrected chi connectivity index (χ1v) is 10.9. The van der Waals surface area contributed by atoms with E-state index in [1.165, 1.54) is 18.7 Å². The molecule has 1 aromatic rings. The number of hydrogen-bond donors (Lipinski definition) is 1. The number of rotatable bonds is 5. The Kier molecular flexibility index (Phi) is 5.92. The molecule has 1 fully saturated rings. The molecule has 1 N–H and O–H groups in total. The lowest BCUT2D eigenvalue weighted by molar-refractivity contribution is -0.145. The summed E-state index contributed by atoms with van der Waals surface area (Å²) in [6, 6.07) is 5.57. The molecule has 0 saturated carbocycles. The molecule has 1 saturated heterocycles. The number of nitrogens with zero attached hydrogens (tertiary/aromatic N) is 2. The van der Waals surface area contributed by atoms with E-state index in [4.69, 9.17) is 12.2 Å². The smallest absolute Gasteiger partial charge is 0.326 e. The van der Waals surface area contributed by atoms with Gasteiger partial charge in [0, 0.05) is 12.5 Å². The highest BCUT2D eigenvalue weighted by molar-refractivity contribution is 8.26. The van der Waals surface area contributed by atoms with E-state index >= 15 is 0 Å². The number of carbonyl (C=O) groups is 4. The molecule has 0 aromatic heterocycles. The first kappa shape index (κ1) is 20.6. The molecule has 0 bridgehead atoms. The molecular formula is C18H16N2O5S3. The summed E-state index contributed by atoms with van der Waals surface area (Å²) < 4.78 is 0.0903. The fourth-order valence-electron chi connectivity index (χ4n) is 3.14. The maximum Gasteiger partial charge on any atom is 0.326 e. The molecule has 1 unspecified atom stereocenters. The van der Waals surface area contributed by atoms with Crippen LogP contribution >= 0.6 is 35.7 Å². The van der Waals surface area contributed by atoms with E-state index in [2.05, 4.69) is 0 Å². The van der Waals surface area contributed by atoms with Gasteiger partial charge in [0.1, 0.15) is 10.4 Å². The Balaban J connectivity index is 2.09. The molecule has 1 aromatic carbocycles. The second-order valence-electron chi connectivity index (χ2n) is 6.06. The SMILES string of the molecule is CSCCC(C(=O)O)N1C(=O)C(=C2C(=O)N(C(C)=O)c3ccccc32)SC1=S. The third kappa shape index (κ3) is 3.36. The van der Waals surface area contributed by atoms with E-state index in [1.807, 2.05) is 6.26 Å². The van der Waals surface area contributed by atoms with Gasteiger partial charge in [-0.05, 0) is 24.5 Å². The van der Waals surface area contributed by atoms with Gasteiger partial charge in [0.2, 0.25) is 5.91 Å². The van der Waals surface area contributed by atoms with Crippen LogP contribution in [0.3, 0.4) is 0 Å². The molecule has 1 atom stereocenters. The van der Waals surface area contributed by atoms with Gasteiger partial charge in [0.25, 0.3) is 11.8 Å².